The highest BCUT2D eigenvalue weighted by Crippen LogP contribution is 2.60. The lowest BCUT2D eigenvalue weighted by atomic mass is 9.59. The van der Waals surface area contributed by atoms with Crippen molar-refractivity contribution in [1.29, 1.82) is 0 Å². The molecule has 1 fully saturated rings. The third-order valence-electron chi connectivity index (χ3n) is 8.05. The summed E-state index contributed by atoms with van der Waals surface area (Å²) < 4.78 is 13.1. The van der Waals surface area contributed by atoms with Crippen LogP contribution < -0.4 is 14.8 Å². The molecule has 37 heavy (non-hydrogen) atoms. The Morgan fingerprint density at radius 2 is 2.11 bits per heavy atom. The molecule has 198 valence electrons. The van der Waals surface area contributed by atoms with E-state index in [1.54, 1.807) is 12.0 Å². The first-order chi connectivity index (χ1) is 17.9. The van der Waals surface area contributed by atoms with Crippen molar-refractivity contribution >= 4 is 27.7 Å². The highest BCUT2D eigenvalue weighted by molar-refractivity contribution is 9.10. The van der Waals surface area contributed by atoms with Crippen LogP contribution in [0.15, 0.2) is 46.0 Å². The van der Waals surface area contributed by atoms with Gasteiger partial charge in [0, 0.05) is 30.5 Å². The topological polar surface area (TPSA) is 92.6 Å². The van der Waals surface area contributed by atoms with Crippen molar-refractivity contribution in [3.63, 3.8) is 0 Å². The fraction of sp³-hybridized carbons (Fsp3) is 0.500. The van der Waals surface area contributed by atoms with Crippen molar-refractivity contribution in [1.82, 2.24) is 10.2 Å². The zero-order valence-corrected chi connectivity index (χ0v) is 23.1. The lowest BCUT2D eigenvalue weighted by Crippen LogP contribution is -2.54. The van der Waals surface area contributed by atoms with E-state index in [0.29, 0.717) is 38.3 Å². The van der Waals surface area contributed by atoms with Gasteiger partial charge in [-0.1, -0.05) is 42.4 Å². The lowest BCUT2D eigenvalue weighted by molar-refractivity contribution is 0.0490. The number of nitrogens with zero attached hydrogens (tertiary/aromatic N) is 2. The Balaban J connectivity index is 1.52. The number of urea groups is 1. The molecule has 2 heterocycles. The molecule has 1 spiro atoms. The molecule has 4 atom stereocenters. The number of carbonyl (C=O) groups is 1. The molecule has 3 aliphatic rings. The fourth-order valence-electron chi connectivity index (χ4n) is 6.33. The monoisotopic (exact) mass is 571 g/mol. The van der Waals surface area contributed by atoms with Crippen molar-refractivity contribution in [3.8, 4) is 11.5 Å². The summed E-state index contributed by atoms with van der Waals surface area (Å²) in [6, 6.07) is 11.5. The van der Waals surface area contributed by atoms with Crippen molar-refractivity contribution in [3.05, 3.63) is 57.6 Å². The van der Waals surface area contributed by atoms with Gasteiger partial charge in [-0.2, -0.15) is 0 Å². The van der Waals surface area contributed by atoms with Gasteiger partial charge in [0.25, 0.3) is 0 Å². The van der Waals surface area contributed by atoms with Crippen LogP contribution in [-0.4, -0.2) is 54.2 Å². The second-order valence-electron chi connectivity index (χ2n) is 10.1. The van der Waals surface area contributed by atoms with Gasteiger partial charge in [-0.3, -0.25) is 0 Å². The number of ether oxygens (including phenoxy) is 2. The minimum atomic E-state index is -0.382. The molecular formula is C28H34BrN3O5. The standard InChI is InChI=1S/C28H34BrN3O5/c1-4-30-27(34)32-14-19-11-22(35-3)25(29)26-24(19)28(13-21(32)15-33)17(2)10-20(12-23(28)37-26)31-36-16-18-8-6-5-7-9-18/h5-9,11,17,21,23,33H,4,10,12-16H2,1-3H3,(H,30,34)/t17-,21+,23-,28+/m1/s1. The quantitative estimate of drug-likeness (QED) is 0.488. The second-order valence-corrected chi connectivity index (χ2v) is 10.9. The largest absolute Gasteiger partial charge is 0.495 e. The Labute approximate surface area is 226 Å². The van der Waals surface area contributed by atoms with Crippen LogP contribution in [-0.2, 0) is 23.4 Å². The molecule has 0 saturated heterocycles. The third-order valence-corrected chi connectivity index (χ3v) is 8.80. The molecule has 2 N–H and O–H groups in total. The smallest absolute Gasteiger partial charge is 0.318 e. The van der Waals surface area contributed by atoms with E-state index >= 15 is 0 Å². The summed E-state index contributed by atoms with van der Waals surface area (Å²) >= 11 is 3.72. The molecule has 0 bridgehead atoms. The van der Waals surface area contributed by atoms with Crippen molar-refractivity contribution in [2.75, 3.05) is 20.3 Å². The minimum absolute atomic E-state index is 0.124. The first-order valence-corrected chi connectivity index (χ1v) is 13.7. The number of nitrogens with one attached hydrogen (secondary N) is 1. The molecular weight excluding hydrogens is 538 g/mol. The van der Waals surface area contributed by atoms with Gasteiger partial charge in [0.2, 0.25) is 0 Å². The van der Waals surface area contributed by atoms with Gasteiger partial charge in [0.1, 0.15) is 28.7 Å². The Bertz CT molecular complexity index is 1190. The van der Waals surface area contributed by atoms with Crippen LogP contribution in [0.1, 0.15) is 49.8 Å². The van der Waals surface area contributed by atoms with E-state index in [9.17, 15) is 9.90 Å². The first-order valence-electron chi connectivity index (χ1n) is 12.9. The average molecular weight is 573 g/mol. The molecule has 2 aromatic rings. The zero-order valence-electron chi connectivity index (χ0n) is 21.5. The number of benzene rings is 2. The molecule has 1 aliphatic carbocycles. The zero-order chi connectivity index (χ0) is 26.2. The number of rotatable bonds is 6. The van der Waals surface area contributed by atoms with Gasteiger partial charge >= 0.3 is 6.03 Å². The van der Waals surface area contributed by atoms with E-state index in [4.69, 9.17) is 14.3 Å². The summed E-state index contributed by atoms with van der Waals surface area (Å²) in [6.07, 6.45) is 1.76. The van der Waals surface area contributed by atoms with E-state index in [1.165, 1.54) is 0 Å². The van der Waals surface area contributed by atoms with Crippen LogP contribution in [0.3, 0.4) is 0 Å². The summed E-state index contributed by atoms with van der Waals surface area (Å²) in [4.78, 5) is 20.6. The highest BCUT2D eigenvalue weighted by Gasteiger charge is 2.59. The van der Waals surface area contributed by atoms with Crippen LogP contribution in [0.5, 0.6) is 11.5 Å². The normalized spacial score (nSPS) is 27.1. The summed E-state index contributed by atoms with van der Waals surface area (Å²) in [5.41, 5.74) is 3.76. The Hall–Kier alpha value is -2.78. The minimum Gasteiger partial charge on any atom is -0.495 e. The fourth-order valence-corrected chi connectivity index (χ4v) is 6.90. The summed E-state index contributed by atoms with van der Waals surface area (Å²) in [5, 5.41) is 17.9. The number of oxime groups is 1. The molecule has 2 aromatic carbocycles. The van der Waals surface area contributed by atoms with Gasteiger partial charge in [-0.15, -0.1) is 0 Å². The second kappa shape index (κ2) is 10.5. The number of aliphatic hydroxyl groups is 1. The number of hydrogen-bond donors (Lipinski definition) is 2. The maximum Gasteiger partial charge on any atom is 0.318 e. The molecule has 0 unspecified atom stereocenters. The van der Waals surface area contributed by atoms with Crippen LogP contribution in [0.2, 0.25) is 0 Å². The SMILES string of the molecule is CCNC(=O)N1Cc2cc(OC)c(Br)c3c2[C@@]2(C[C@H]1CO)[C@H](C)CC(=NOCc1ccccc1)C[C@H]2O3. The molecule has 2 amide bonds. The molecule has 2 aliphatic heterocycles. The predicted molar refractivity (Wildman–Crippen MR) is 144 cm³/mol. The van der Waals surface area contributed by atoms with Gasteiger partial charge < -0.3 is 29.6 Å². The molecule has 5 rings (SSSR count). The average Bonchev–Trinajstić information content (AvgIpc) is 3.15. The maximum absolute atomic E-state index is 13.1. The number of methoxy groups -OCH3 is 1. The van der Waals surface area contributed by atoms with Crippen molar-refractivity contribution < 1.29 is 24.2 Å². The first kappa shape index (κ1) is 25.9. The summed E-state index contributed by atoms with van der Waals surface area (Å²) in [6.45, 7) is 5.29. The van der Waals surface area contributed by atoms with Gasteiger partial charge in [0.15, 0.2) is 0 Å². The predicted octanol–water partition coefficient (Wildman–Crippen LogP) is 4.76. The van der Waals surface area contributed by atoms with Gasteiger partial charge in [-0.25, -0.2) is 4.79 Å². The van der Waals surface area contributed by atoms with Crippen LogP contribution >= 0.6 is 15.9 Å². The number of halogens is 1. The van der Waals surface area contributed by atoms with Crippen molar-refractivity contribution in [2.24, 2.45) is 11.1 Å². The molecule has 0 radical (unpaired) electrons. The number of hydrogen-bond acceptors (Lipinski definition) is 6. The maximum atomic E-state index is 13.1. The lowest BCUT2D eigenvalue weighted by Gasteiger charge is -2.45. The van der Waals surface area contributed by atoms with Crippen LogP contribution in [0, 0.1) is 5.92 Å². The van der Waals surface area contributed by atoms with E-state index < -0.39 is 0 Å². The van der Waals surface area contributed by atoms with E-state index in [1.807, 2.05) is 43.3 Å². The molecule has 1 saturated carbocycles. The van der Waals surface area contributed by atoms with Gasteiger partial charge in [0.05, 0.1) is 25.5 Å². The Morgan fingerprint density at radius 1 is 1.32 bits per heavy atom. The van der Waals surface area contributed by atoms with Crippen LogP contribution in [0.4, 0.5) is 4.79 Å². The summed E-state index contributed by atoms with van der Waals surface area (Å²) in [5.74, 6) is 1.58. The third kappa shape index (κ3) is 4.46. The number of carbonyl (C=O) groups excluding carboxylic acids is 1. The molecule has 8 nitrogen and oxygen atoms in total. The highest BCUT2D eigenvalue weighted by atomic mass is 79.9. The summed E-state index contributed by atoms with van der Waals surface area (Å²) in [7, 11) is 1.63. The number of aliphatic hydroxyl groups excluding tert-OH is 1. The van der Waals surface area contributed by atoms with E-state index in [2.05, 4.69) is 33.3 Å². The molecule has 9 heteroatoms. The molecule has 0 aromatic heterocycles. The Kier molecular flexibility index (Phi) is 7.36. The van der Waals surface area contributed by atoms with E-state index in [-0.39, 0.29) is 36.1 Å². The van der Waals surface area contributed by atoms with Crippen molar-refractivity contribution in [2.45, 2.75) is 63.8 Å². The van der Waals surface area contributed by atoms with Crippen LogP contribution in [0.25, 0.3) is 0 Å². The Morgan fingerprint density at radius 3 is 2.81 bits per heavy atom. The van der Waals surface area contributed by atoms with E-state index in [0.717, 1.165) is 39.0 Å². The number of amides is 2. The van der Waals surface area contributed by atoms with Gasteiger partial charge in [-0.05, 0) is 58.8 Å².